The van der Waals surface area contributed by atoms with Gasteiger partial charge in [-0.3, -0.25) is 0 Å². The minimum Gasteiger partial charge on any atom is -0.373 e. The second kappa shape index (κ2) is 2.46. The van der Waals surface area contributed by atoms with Crippen LogP contribution >= 0.6 is 0 Å². The first-order valence-corrected chi connectivity index (χ1v) is 3.16. The van der Waals surface area contributed by atoms with Crippen molar-refractivity contribution in [2.24, 2.45) is 5.73 Å². The van der Waals surface area contributed by atoms with Crippen LogP contribution < -0.4 is 5.73 Å². The third-order valence-electron chi connectivity index (χ3n) is 1.35. The fraction of sp³-hybridized carbons (Fsp3) is 1.00. The fourth-order valence-electron chi connectivity index (χ4n) is 0.683. The molecule has 1 heterocycles. The van der Waals surface area contributed by atoms with Crippen LogP contribution in [-0.4, -0.2) is 18.8 Å². The van der Waals surface area contributed by atoms with E-state index in [0.717, 1.165) is 19.4 Å². The summed E-state index contributed by atoms with van der Waals surface area (Å²) in [6.45, 7) is 3.00. The molecular formula is C6H13NO. The average Bonchev–Trinajstić information content (AvgIpc) is 2.41. The van der Waals surface area contributed by atoms with E-state index in [9.17, 15) is 0 Å². The third kappa shape index (κ3) is 2.28. The number of epoxide rings is 1. The summed E-state index contributed by atoms with van der Waals surface area (Å²) in [4.78, 5) is 0. The van der Waals surface area contributed by atoms with Gasteiger partial charge in [0.2, 0.25) is 0 Å². The highest BCUT2D eigenvalue weighted by molar-refractivity contribution is 4.70. The first-order chi connectivity index (χ1) is 3.79. The Kier molecular flexibility index (Phi) is 1.86. The maximum atomic E-state index is 5.51. The molecule has 0 aliphatic carbocycles. The van der Waals surface area contributed by atoms with E-state index in [0.29, 0.717) is 12.1 Å². The molecule has 2 nitrogen and oxygen atoms in total. The van der Waals surface area contributed by atoms with Crippen LogP contribution in [0.15, 0.2) is 0 Å². The molecular weight excluding hydrogens is 102 g/mol. The molecule has 0 aromatic carbocycles. The average molecular weight is 115 g/mol. The standard InChI is InChI=1S/C6H13NO/c1-5(7)2-3-6-4-8-6/h5-6H,2-4,7H2,1H3/t5?,6-/m0/s1. The monoisotopic (exact) mass is 115 g/mol. The van der Waals surface area contributed by atoms with Gasteiger partial charge in [0, 0.05) is 6.04 Å². The lowest BCUT2D eigenvalue weighted by atomic mass is 10.2. The van der Waals surface area contributed by atoms with Crippen LogP contribution in [0.25, 0.3) is 0 Å². The number of rotatable bonds is 3. The Bertz CT molecular complexity index is 66.9. The van der Waals surface area contributed by atoms with Crippen LogP contribution in [0.5, 0.6) is 0 Å². The normalized spacial score (nSPS) is 30.0. The van der Waals surface area contributed by atoms with Crippen molar-refractivity contribution in [2.75, 3.05) is 6.61 Å². The van der Waals surface area contributed by atoms with Crippen molar-refractivity contribution in [3.8, 4) is 0 Å². The highest BCUT2D eigenvalue weighted by atomic mass is 16.6. The predicted octanol–water partition coefficient (Wildman–Crippen LogP) is 0.513. The third-order valence-corrected chi connectivity index (χ3v) is 1.35. The highest BCUT2D eigenvalue weighted by Crippen LogP contribution is 2.15. The van der Waals surface area contributed by atoms with Gasteiger partial charge < -0.3 is 10.5 Å². The number of hydrogen-bond donors (Lipinski definition) is 1. The lowest BCUT2D eigenvalue weighted by molar-refractivity contribution is 0.386. The van der Waals surface area contributed by atoms with E-state index in [2.05, 4.69) is 0 Å². The van der Waals surface area contributed by atoms with Gasteiger partial charge in [-0.1, -0.05) is 0 Å². The van der Waals surface area contributed by atoms with E-state index in [1.165, 1.54) is 0 Å². The van der Waals surface area contributed by atoms with E-state index in [1.807, 2.05) is 6.92 Å². The van der Waals surface area contributed by atoms with Crippen molar-refractivity contribution in [1.29, 1.82) is 0 Å². The van der Waals surface area contributed by atoms with Crippen molar-refractivity contribution >= 4 is 0 Å². The molecule has 1 unspecified atom stereocenters. The van der Waals surface area contributed by atoms with Gasteiger partial charge in [0.1, 0.15) is 0 Å². The Hall–Kier alpha value is -0.0800. The number of ether oxygens (including phenoxy) is 1. The van der Waals surface area contributed by atoms with E-state index in [4.69, 9.17) is 10.5 Å². The van der Waals surface area contributed by atoms with Gasteiger partial charge in [-0.25, -0.2) is 0 Å². The summed E-state index contributed by atoms with van der Waals surface area (Å²) in [7, 11) is 0. The molecule has 1 aliphatic rings. The van der Waals surface area contributed by atoms with Gasteiger partial charge in [-0.2, -0.15) is 0 Å². The molecule has 1 fully saturated rings. The van der Waals surface area contributed by atoms with Crippen LogP contribution in [0.1, 0.15) is 19.8 Å². The molecule has 0 saturated carbocycles. The highest BCUT2D eigenvalue weighted by Gasteiger charge is 2.21. The van der Waals surface area contributed by atoms with Gasteiger partial charge in [-0.15, -0.1) is 0 Å². The van der Waals surface area contributed by atoms with Crippen molar-refractivity contribution in [3.63, 3.8) is 0 Å². The topological polar surface area (TPSA) is 38.5 Å². The zero-order chi connectivity index (χ0) is 5.98. The summed E-state index contributed by atoms with van der Waals surface area (Å²) >= 11 is 0. The van der Waals surface area contributed by atoms with Crippen LogP contribution in [0.2, 0.25) is 0 Å². The summed E-state index contributed by atoms with van der Waals surface area (Å²) < 4.78 is 5.00. The SMILES string of the molecule is CC(N)CC[C@H]1CO1. The van der Waals surface area contributed by atoms with Crippen LogP contribution in [0.3, 0.4) is 0 Å². The molecule has 2 N–H and O–H groups in total. The van der Waals surface area contributed by atoms with Gasteiger partial charge in [0.05, 0.1) is 12.7 Å². The summed E-state index contributed by atoms with van der Waals surface area (Å²) in [6.07, 6.45) is 2.81. The van der Waals surface area contributed by atoms with Crippen LogP contribution in [0.4, 0.5) is 0 Å². The number of nitrogens with two attached hydrogens (primary N) is 1. The van der Waals surface area contributed by atoms with E-state index >= 15 is 0 Å². The summed E-state index contributed by atoms with van der Waals surface area (Å²) in [5.74, 6) is 0. The quantitative estimate of drug-likeness (QED) is 0.544. The first-order valence-electron chi connectivity index (χ1n) is 3.16. The van der Waals surface area contributed by atoms with Crippen LogP contribution in [0, 0.1) is 0 Å². The van der Waals surface area contributed by atoms with E-state index in [1.54, 1.807) is 0 Å². The van der Waals surface area contributed by atoms with Crippen molar-refractivity contribution < 1.29 is 4.74 Å². The molecule has 2 atom stereocenters. The fourth-order valence-corrected chi connectivity index (χ4v) is 0.683. The molecule has 0 aromatic rings. The van der Waals surface area contributed by atoms with Gasteiger partial charge >= 0.3 is 0 Å². The van der Waals surface area contributed by atoms with Gasteiger partial charge in [-0.05, 0) is 19.8 Å². The van der Waals surface area contributed by atoms with Gasteiger partial charge in [0.25, 0.3) is 0 Å². The minimum absolute atomic E-state index is 0.346. The summed E-state index contributed by atoms with van der Waals surface area (Å²) in [5, 5.41) is 0. The Labute approximate surface area is 50.0 Å². The van der Waals surface area contributed by atoms with Crippen molar-refractivity contribution in [2.45, 2.75) is 31.9 Å². The predicted molar refractivity (Wildman–Crippen MR) is 32.6 cm³/mol. The molecule has 1 aliphatic heterocycles. The Morgan fingerprint density at radius 3 is 2.88 bits per heavy atom. The molecule has 2 heteroatoms. The maximum Gasteiger partial charge on any atom is 0.0810 e. The Balaban J connectivity index is 1.87. The van der Waals surface area contributed by atoms with Gasteiger partial charge in [0.15, 0.2) is 0 Å². The molecule has 0 spiro atoms. The summed E-state index contributed by atoms with van der Waals surface area (Å²) in [5.41, 5.74) is 5.51. The van der Waals surface area contributed by atoms with E-state index < -0.39 is 0 Å². The first kappa shape index (κ1) is 6.05. The largest absolute Gasteiger partial charge is 0.373 e. The Morgan fingerprint density at radius 2 is 2.50 bits per heavy atom. The lowest BCUT2D eigenvalue weighted by Gasteiger charge is -1.99. The molecule has 8 heavy (non-hydrogen) atoms. The molecule has 0 aromatic heterocycles. The molecule has 1 saturated heterocycles. The number of hydrogen-bond acceptors (Lipinski definition) is 2. The van der Waals surface area contributed by atoms with Crippen LogP contribution in [-0.2, 0) is 4.74 Å². The maximum absolute atomic E-state index is 5.51. The molecule has 1 rings (SSSR count). The second-order valence-corrected chi connectivity index (χ2v) is 2.51. The van der Waals surface area contributed by atoms with Crippen molar-refractivity contribution in [1.82, 2.24) is 0 Å². The Morgan fingerprint density at radius 1 is 1.88 bits per heavy atom. The minimum atomic E-state index is 0.346. The molecule has 0 radical (unpaired) electrons. The zero-order valence-corrected chi connectivity index (χ0v) is 5.26. The smallest absolute Gasteiger partial charge is 0.0810 e. The zero-order valence-electron chi connectivity index (χ0n) is 5.26. The van der Waals surface area contributed by atoms with E-state index in [-0.39, 0.29) is 0 Å². The summed E-state index contributed by atoms with van der Waals surface area (Å²) in [6, 6.07) is 0.346. The lowest BCUT2D eigenvalue weighted by Crippen LogP contribution is -2.14. The molecule has 48 valence electrons. The van der Waals surface area contributed by atoms with Crippen molar-refractivity contribution in [3.05, 3.63) is 0 Å². The molecule has 0 amide bonds. The molecule has 0 bridgehead atoms. The second-order valence-electron chi connectivity index (χ2n) is 2.51.